The molecule has 0 amide bonds. The van der Waals surface area contributed by atoms with E-state index in [-0.39, 0.29) is 5.56 Å². The minimum absolute atomic E-state index is 0.246. The highest BCUT2D eigenvalue weighted by molar-refractivity contribution is 7.89. The van der Waals surface area contributed by atoms with Gasteiger partial charge in [-0.25, -0.2) is 31.7 Å². The van der Waals surface area contributed by atoms with Crippen LogP contribution in [0.1, 0.15) is 17.7 Å². The van der Waals surface area contributed by atoms with E-state index < -0.39 is 33.0 Å². The van der Waals surface area contributed by atoms with Crippen molar-refractivity contribution in [3.63, 3.8) is 0 Å². The summed E-state index contributed by atoms with van der Waals surface area (Å²) in [6.45, 7) is 1.15. The van der Waals surface area contributed by atoms with Gasteiger partial charge in [-0.3, -0.25) is 0 Å². The summed E-state index contributed by atoms with van der Waals surface area (Å²) in [5.41, 5.74) is -1.07. The van der Waals surface area contributed by atoms with E-state index in [1.807, 2.05) is 0 Å². The molecule has 1 heterocycles. The van der Waals surface area contributed by atoms with Gasteiger partial charge in [-0.05, 0) is 18.6 Å². The Labute approximate surface area is 84.0 Å². The van der Waals surface area contributed by atoms with E-state index in [1.54, 1.807) is 0 Å². The number of primary sulfonamides is 1. The number of halogens is 3. The minimum Gasteiger partial charge on any atom is -0.231 e. The fourth-order valence-electron chi connectivity index (χ4n) is 0.953. The van der Waals surface area contributed by atoms with E-state index in [1.165, 1.54) is 0 Å². The molecule has 1 aromatic heterocycles. The number of nitrogens with zero attached hydrogens (tertiary/aromatic N) is 1. The Kier molecular flexibility index (Phi) is 3.00. The second-order valence-corrected chi connectivity index (χ2v) is 4.31. The smallest absolute Gasteiger partial charge is 0.231 e. The quantitative estimate of drug-likeness (QED) is 0.841. The molecule has 0 aliphatic carbocycles. The molecule has 0 bridgehead atoms. The molecular formula is C7H7F3N2O2S. The maximum absolute atomic E-state index is 13.2. The molecule has 0 fully saturated rings. The number of alkyl halides is 2. The van der Waals surface area contributed by atoms with Gasteiger partial charge in [0.15, 0.2) is 5.82 Å². The maximum atomic E-state index is 13.2. The summed E-state index contributed by atoms with van der Waals surface area (Å²) >= 11 is 0. The van der Waals surface area contributed by atoms with Crippen molar-refractivity contribution in [2.75, 3.05) is 0 Å². The van der Waals surface area contributed by atoms with Crippen molar-refractivity contribution in [1.82, 2.24) is 4.98 Å². The number of aryl methyl sites for hydroxylation is 1. The first-order chi connectivity index (χ1) is 6.73. The summed E-state index contributed by atoms with van der Waals surface area (Å²) in [5.74, 6) is -1.21. The molecule has 1 rings (SSSR count). The summed E-state index contributed by atoms with van der Waals surface area (Å²) in [4.78, 5) is 2.97. The van der Waals surface area contributed by atoms with Crippen LogP contribution in [0.25, 0.3) is 0 Å². The number of aromatic nitrogens is 1. The van der Waals surface area contributed by atoms with E-state index in [0.717, 1.165) is 13.0 Å². The van der Waals surface area contributed by atoms with E-state index in [9.17, 15) is 21.6 Å². The van der Waals surface area contributed by atoms with E-state index >= 15 is 0 Å². The third-order valence-corrected chi connectivity index (χ3v) is 2.43. The summed E-state index contributed by atoms with van der Waals surface area (Å²) in [6, 6.07) is 0.772. The third-order valence-electron chi connectivity index (χ3n) is 1.62. The van der Waals surface area contributed by atoms with Crippen LogP contribution in [-0.2, 0) is 10.0 Å². The van der Waals surface area contributed by atoms with Crippen molar-refractivity contribution >= 4 is 10.0 Å². The van der Waals surface area contributed by atoms with Crippen molar-refractivity contribution in [3.8, 4) is 0 Å². The molecule has 0 unspecified atom stereocenters. The van der Waals surface area contributed by atoms with E-state index in [2.05, 4.69) is 10.1 Å². The molecule has 84 valence electrons. The van der Waals surface area contributed by atoms with Crippen molar-refractivity contribution in [2.24, 2.45) is 5.14 Å². The second kappa shape index (κ2) is 3.78. The molecule has 4 nitrogen and oxygen atoms in total. The van der Waals surface area contributed by atoms with Gasteiger partial charge >= 0.3 is 0 Å². The van der Waals surface area contributed by atoms with Crippen LogP contribution in [0.5, 0.6) is 0 Å². The zero-order chi connectivity index (χ0) is 11.8. The summed E-state index contributed by atoms with van der Waals surface area (Å²) in [7, 11) is -4.43. The van der Waals surface area contributed by atoms with Gasteiger partial charge in [0.05, 0.1) is 0 Å². The molecule has 8 heteroatoms. The Morgan fingerprint density at radius 2 is 2.00 bits per heavy atom. The van der Waals surface area contributed by atoms with Gasteiger partial charge in [0, 0.05) is 0 Å². The molecule has 0 radical (unpaired) electrons. The van der Waals surface area contributed by atoms with Gasteiger partial charge in [0.2, 0.25) is 5.03 Å². The highest BCUT2D eigenvalue weighted by Gasteiger charge is 2.22. The van der Waals surface area contributed by atoms with Gasteiger partial charge in [0.1, 0.15) is 5.69 Å². The maximum Gasteiger partial charge on any atom is 0.280 e. The Balaban J connectivity index is 3.52. The Morgan fingerprint density at radius 3 is 2.40 bits per heavy atom. The lowest BCUT2D eigenvalue weighted by atomic mass is 10.2. The van der Waals surface area contributed by atoms with Gasteiger partial charge in [-0.1, -0.05) is 0 Å². The molecule has 2 N–H and O–H groups in total. The van der Waals surface area contributed by atoms with Crippen LogP contribution in [0.15, 0.2) is 11.1 Å². The fraction of sp³-hybridized carbons (Fsp3) is 0.286. The lowest BCUT2D eigenvalue weighted by Crippen LogP contribution is -2.17. The van der Waals surface area contributed by atoms with Crippen molar-refractivity contribution in [2.45, 2.75) is 18.4 Å². The van der Waals surface area contributed by atoms with Crippen LogP contribution in [0.4, 0.5) is 13.2 Å². The first-order valence-corrected chi connectivity index (χ1v) is 5.26. The number of hydrogen-bond donors (Lipinski definition) is 1. The van der Waals surface area contributed by atoms with Crippen LogP contribution >= 0.6 is 0 Å². The number of nitrogens with two attached hydrogens (primary N) is 1. The average molecular weight is 240 g/mol. The predicted molar refractivity (Wildman–Crippen MR) is 45.3 cm³/mol. The van der Waals surface area contributed by atoms with Gasteiger partial charge in [0.25, 0.3) is 16.4 Å². The summed E-state index contributed by atoms with van der Waals surface area (Å²) in [5, 5.41) is 3.47. The minimum atomic E-state index is -4.43. The largest absolute Gasteiger partial charge is 0.280 e. The predicted octanol–water partition coefficient (Wildman–Crippen LogP) is 1.11. The van der Waals surface area contributed by atoms with Gasteiger partial charge < -0.3 is 0 Å². The van der Waals surface area contributed by atoms with Gasteiger partial charge in [-0.2, -0.15) is 0 Å². The zero-order valence-corrected chi connectivity index (χ0v) is 8.35. The monoisotopic (exact) mass is 240 g/mol. The second-order valence-electron chi connectivity index (χ2n) is 2.83. The Hall–Kier alpha value is -1.15. The van der Waals surface area contributed by atoms with Crippen LogP contribution in [-0.4, -0.2) is 13.4 Å². The average Bonchev–Trinajstić information content (AvgIpc) is 2.06. The fourth-order valence-corrected chi connectivity index (χ4v) is 1.60. The highest BCUT2D eigenvalue weighted by Crippen LogP contribution is 2.22. The molecule has 15 heavy (non-hydrogen) atoms. The van der Waals surface area contributed by atoms with Crippen molar-refractivity contribution < 1.29 is 21.6 Å². The van der Waals surface area contributed by atoms with Gasteiger partial charge in [-0.15, -0.1) is 0 Å². The number of rotatable bonds is 2. The lowest BCUT2D eigenvalue weighted by molar-refractivity contribution is 0.145. The van der Waals surface area contributed by atoms with Crippen LogP contribution in [0, 0.1) is 12.7 Å². The number of pyridine rings is 1. The molecule has 1 aromatic rings. The molecule has 0 atom stereocenters. The van der Waals surface area contributed by atoms with Crippen molar-refractivity contribution in [1.29, 1.82) is 0 Å². The van der Waals surface area contributed by atoms with Crippen LogP contribution < -0.4 is 5.14 Å². The lowest BCUT2D eigenvalue weighted by Gasteiger charge is -2.06. The molecule has 0 saturated carbocycles. The third kappa shape index (κ3) is 2.45. The van der Waals surface area contributed by atoms with Crippen LogP contribution in [0.2, 0.25) is 0 Å². The number of sulfonamides is 1. The normalized spacial score (nSPS) is 12.1. The Morgan fingerprint density at radius 1 is 1.47 bits per heavy atom. The molecule has 0 aliphatic rings. The molecule has 0 spiro atoms. The standard InChI is InChI=1S/C7H7F3N2O2S/c1-3-2-4(6(9)10)12-7(5(3)8)15(11,13)14/h2,6H,1H3,(H2,11,13,14). The van der Waals surface area contributed by atoms with Crippen molar-refractivity contribution in [3.05, 3.63) is 23.1 Å². The van der Waals surface area contributed by atoms with E-state index in [4.69, 9.17) is 0 Å². The summed E-state index contributed by atoms with van der Waals surface area (Å²) in [6.07, 6.45) is -2.98. The molecule has 0 aromatic carbocycles. The first-order valence-electron chi connectivity index (χ1n) is 3.71. The Bertz CT molecular complexity index is 487. The van der Waals surface area contributed by atoms with Crippen LogP contribution in [0.3, 0.4) is 0 Å². The van der Waals surface area contributed by atoms with E-state index in [0.29, 0.717) is 0 Å². The highest BCUT2D eigenvalue weighted by atomic mass is 32.2. The molecule has 0 saturated heterocycles. The number of hydrogen-bond acceptors (Lipinski definition) is 3. The molecular weight excluding hydrogens is 233 g/mol. The summed E-state index contributed by atoms with van der Waals surface area (Å²) < 4.78 is 59.2. The topological polar surface area (TPSA) is 73.0 Å². The molecule has 0 aliphatic heterocycles. The zero-order valence-electron chi connectivity index (χ0n) is 7.54. The SMILES string of the molecule is Cc1cc(C(F)F)nc(S(N)(=O)=O)c1F. The first kappa shape index (κ1) is 11.9.